The van der Waals surface area contributed by atoms with E-state index in [0.717, 1.165) is 12.1 Å². The van der Waals surface area contributed by atoms with Crippen LogP contribution in [-0.4, -0.2) is 30.2 Å². The summed E-state index contributed by atoms with van der Waals surface area (Å²) in [7, 11) is -4.69. The summed E-state index contributed by atoms with van der Waals surface area (Å²) in [5.74, 6) is -1.29. The molecule has 1 unspecified atom stereocenters. The number of hydrogen-bond acceptors (Lipinski definition) is 6. The van der Waals surface area contributed by atoms with Gasteiger partial charge in [0.15, 0.2) is 0 Å². The van der Waals surface area contributed by atoms with Gasteiger partial charge in [-0.1, -0.05) is 0 Å². The van der Waals surface area contributed by atoms with Crippen molar-refractivity contribution in [2.45, 2.75) is 19.4 Å². The summed E-state index contributed by atoms with van der Waals surface area (Å²) in [5.41, 5.74) is 0.0469. The van der Waals surface area contributed by atoms with Gasteiger partial charge in [0.2, 0.25) is 0 Å². The molecule has 8 heteroatoms. The van der Waals surface area contributed by atoms with Crippen LogP contribution in [-0.2, 0) is 21.6 Å². The van der Waals surface area contributed by atoms with Crippen LogP contribution < -0.4 is 4.18 Å². The van der Waals surface area contributed by atoms with E-state index in [9.17, 15) is 18.3 Å². The minimum Gasteiger partial charge on any atom is -0.507 e. The molecule has 1 atom stereocenters. The van der Waals surface area contributed by atoms with Crippen LogP contribution in [0.15, 0.2) is 12.1 Å². The van der Waals surface area contributed by atoms with E-state index in [0.29, 0.717) is 0 Å². The molecular formula is C10H10O7S. The first-order valence-electron chi connectivity index (χ1n) is 5.00. The molecule has 2 N–H and O–H groups in total. The minimum absolute atomic E-state index is 0.144. The molecule has 1 aromatic carbocycles. The van der Waals surface area contributed by atoms with Gasteiger partial charge in [-0.25, -0.2) is 4.79 Å². The molecule has 0 fully saturated rings. The Balaban J connectivity index is 2.58. The lowest BCUT2D eigenvalue weighted by Gasteiger charge is -2.23. The van der Waals surface area contributed by atoms with E-state index in [2.05, 4.69) is 4.18 Å². The number of fused-ring (bicyclic) bond motifs is 1. The standard InChI is InChI=1S/C10H10O7S/c1-5-4-6-8(17-18(13,14)15)3-2-7(11)9(6)10(12)16-5/h2-3,5,11H,4H2,1H3,(H,13,14,15). The highest BCUT2D eigenvalue weighted by atomic mass is 32.3. The molecule has 2 rings (SSSR count). The highest BCUT2D eigenvalue weighted by Gasteiger charge is 2.30. The van der Waals surface area contributed by atoms with E-state index in [1.807, 2.05) is 0 Å². The number of aromatic hydroxyl groups is 1. The predicted molar refractivity (Wildman–Crippen MR) is 58.9 cm³/mol. The van der Waals surface area contributed by atoms with E-state index in [-0.39, 0.29) is 29.0 Å². The van der Waals surface area contributed by atoms with Gasteiger partial charge in [0.25, 0.3) is 0 Å². The molecule has 0 bridgehead atoms. The lowest BCUT2D eigenvalue weighted by Crippen LogP contribution is -2.26. The molecule has 1 aliphatic rings. The van der Waals surface area contributed by atoms with Gasteiger partial charge >= 0.3 is 16.4 Å². The number of esters is 1. The Bertz CT molecular complexity index is 605. The number of hydrogen-bond donors (Lipinski definition) is 2. The number of ether oxygens (including phenoxy) is 1. The molecule has 1 heterocycles. The van der Waals surface area contributed by atoms with Crippen LogP contribution in [0.1, 0.15) is 22.8 Å². The van der Waals surface area contributed by atoms with E-state index in [4.69, 9.17) is 9.29 Å². The molecule has 1 aliphatic heterocycles. The quantitative estimate of drug-likeness (QED) is 0.602. The second kappa shape index (κ2) is 4.14. The highest BCUT2D eigenvalue weighted by molar-refractivity contribution is 7.81. The van der Waals surface area contributed by atoms with Crippen molar-refractivity contribution in [3.8, 4) is 11.5 Å². The SMILES string of the molecule is CC1Cc2c(OS(=O)(=O)O)ccc(O)c2C(=O)O1. The van der Waals surface area contributed by atoms with Crippen molar-refractivity contribution in [3.63, 3.8) is 0 Å². The normalized spacial score (nSPS) is 19.0. The van der Waals surface area contributed by atoms with Gasteiger partial charge in [-0.3, -0.25) is 4.55 Å². The Morgan fingerprint density at radius 1 is 1.44 bits per heavy atom. The molecule has 0 amide bonds. The number of cyclic esters (lactones) is 1. The molecule has 0 spiro atoms. The molecule has 0 saturated carbocycles. The van der Waals surface area contributed by atoms with Crippen molar-refractivity contribution in [2.24, 2.45) is 0 Å². The largest absolute Gasteiger partial charge is 0.507 e. The average Bonchev–Trinajstić information content (AvgIpc) is 2.19. The lowest BCUT2D eigenvalue weighted by molar-refractivity contribution is 0.0295. The molecule has 98 valence electrons. The summed E-state index contributed by atoms with van der Waals surface area (Å²) in [6.45, 7) is 1.61. The summed E-state index contributed by atoms with van der Waals surface area (Å²) >= 11 is 0. The highest BCUT2D eigenvalue weighted by Crippen LogP contribution is 2.35. The fraction of sp³-hybridized carbons (Fsp3) is 0.300. The molecule has 0 saturated heterocycles. The Labute approximate surface area is 103 Å². The second-order valence-electron chi connectivity index (χ2n) is 3.87. The Morgan fingerprint density at radius 3 is 2.72 bits per heavy atom. The maximum Gasteiger partial charge on any atom is 0.446 e. The number of benzene rings is 1. The molecular weight excluding hydrogens is 264 g/mol. The van der Waals surface area contributed by atoms with Crippen LogP contribution in [0.4, 0.5) is 0 Å². The first-order valence-corrected chi connectivity index (χ1v) is 6.37. The van der Waals surface area contributed by atoms with E-state index < -0.39 is 22.5 Å². The molecule has 18 heavy (non-hydrogen) atoms. The summed E-state index contributed by atoms with van der Waals surface area (Å²) in [5, 5.41) is 9.57. The van der Waals surface area contributed by atoms with Crippen molar-refractivity contribution in [2.75, 3.05) is 0 Å². The average molecular weight is 274 g/mol. The molecule has 7 nitrogen and oxygen atoms in total. The number of phenolic OH excluding ortho intramolecular Hbond substituents is 1. The number of carbonyl (C=O) groups excluding carboxylic acids is 1. The van der Waals surface area contributed by atoms with Crippen molar-refractivity contribution < 1.29 is 31.8 Å². The van der Waals surface area contributed by atoms with Gasteiger partial charge in [0, 0.05) is 12.0 Å². The summed E-state index contributed by atoms with van der Waals surface area (Å²) in [6, 6.07) is 2.25. The third-order valence-electron chi connectivity index (χ3n) is 2.45. The van der Waals surface area contributed by atoms with E-state index in [1.165, 1.54) is 0 Å². The zero-order valence-corrected chi connectivity index (χ0v) is 10.1. The van der Waals surface area contributed by atoms with Crippen LogP contribution >= 0.6 is 0 Å². The Morgan fingerprint density at radius 2 is 2.11 bits per heavy atom. The predicted octanol–water partition coefficient (Wildman–Crippen LogP) is 0.675. The van der Waals surface area contributed by atoms with Crippen LogP contribution in [0.3, 0.4) is 0 Å². The topological polar surface area (TPSA) is 110 Å². The van der Waals surface area contributed by atoms with Gasteiger partial charge < -0.3 is 14.0 Å². The van der Waals surface area contributed by atoms with Crippen LogP contribution in [0, 0.1) is 0 Å². The lowest BCUT2D eigenvalue weighted by atomic mass is 9.97. The van der Waals surface area contributed by atoms with Crippen LogP contribution in [0.5, 0.6) is 11.5 Å². The van der Waals surface area contributed by atoms with Crippen molar-refractivity contribution in [1.29, 1.82) is 0 Å². The summed E-state index contributed by atoms with van der Waals surface area (Å²) in [6.07, 6.45) is -0.295. The monoisotopic (exact) mass is 274 g/mol. The number of phenols is 1. The molecule has 0 aliphatic carbocycles. The van der Waals surface area contributed by atoms with Gasteiger partial charge in [-0.05, 0) is 19.1 Å². The van der Waals surface area contributed by atoms with Gasteiger partial charge in [0.05, 0.1) is 0 Å². The number of carbonyl (C=O) groups is 1. The minimum atomic E-state index is -4.69. The van der Waals surface area contributed by atoms with Gasteiger partial charge in [-0.2, -0.15) is 8.42 Å². The zero-order chi connectivity index (χ0) is 13.5. The zero-order valence-electron chi connectivity index (χ0n) is 9.28. The summed E-state index contributed by atoms with van der Waals surface area (Å²) < 4.78 is 39.3. The van der Waals surface area contributed by atoms with E-state index >= 15 is 0 Å². The molecule has 1 aromatic rings. The first kappa shape index (κ1) is 12.7. The maximum atomic E-state index is 11.6. The van der Waals surface area contributed by atoms with E-state index in [1.54, 1.807) is 6.92 Å². The van der Waals surface area contributed by atoms with Crippen molar-refractivity contribution >= 4 is 16.4 Å². The Hall–Kier alpha value is -1.80. The maximum absolute atomic E-state index is 11.6. The van der Waals surface area contributed by atoms with Crippen molar-refractivity contribution in [1.82, 2.24) is 0 Å². The third-order valence-corrected chi connectivity index (χ3v) is 2.84. The van der Waals surface area contributed by atoms with Crippen LogP contribution in [0.25, 0.3) is 0 Å². The molecule has 0 aromatic heterocycles. The van der Waals surface area contributed by atoms with Gasteiger partial charge in [0.1, 0.15) is 23.2 Å². The third kappa shape index (κ3) is 2.39. The van der Waals surface area contributed by atoms with Crippen LogP contribution in [0.2, 0.25) is 0 Å². The van der Waals surface area contributed by atoms with Crippen molar-refractivity contribution in [3.05, 3.63) is 23.3 Å². The Kier molecular flexibility index (Phi) is 2.91. The fourth-order valence-electron chi connectivity index (χ4n) is 1.81. The number of rotatable bonds is 2. The molecule has 0 radical (unpaired) electrons. The second-order valence-corrected chi connectivity index (χ2v) is 4.89. The first-order chi connectivity index (χ1) is 8.28. The fourth-order valence-corrected chi connectivity index (χ4v) is 2.19. The van der Waals surface area contributed by atoms with Gasteiger partial charge in [-0.15, -0.1) is 0 Å². The summed E-state index contributed by atoms with van der Waals surface area (Å²) in [4.78, 5) is 11.6. The smallest absolute Gasteiger partial charge is 0.446 e.